The van der Waals surface area contributed by atoms with Crippen molar-refractivity contribution in [1.82, 2.24) is 0 Å². The van der Waals surface area contributed by atoms with Crippen LogP contribution in [0.15, 0.2) is 0 Å². The third-order valence-corrected chi connectivity index (χ3v) is 2.78. The summed E-state index contributed by atoms with van der Waals surface area (Å²) in [7, 11) is 1.20. The predicted octanol–water partition coefficient (Wildman–Crippen LogP) is 1.83. The Balaban J connectivity index is 2.25. The summed E-state index contributed by atoms with van der Waals surface area (Å²) in [5.41, 5.74) is 0. The highest BCUT2D eigenvalue weighted by Crippen LogP contribution is 2.20. The Morgan fingerprint density at radius 1 is 1.29 bits per heavy atom. The molecule has 0 N–H and O–H groups in total. The van der Waals surface area contributed by atoms with Crippen molar-refractivity contribution in [1.29, 1.82) is 0 Å². The summed E-state index contributed by atoms with van der Waals surface area (Å²) in [6.45, 7) is 0. The van der Waals surface area contributed by atoms with Gasteiger partial charge in [-0.3, -0.25) is 0 Å². The lowest BCUT2D eigenvalue weighted by Gasteiger charge is -2.08. The van der Waals surface area contributed by atoms with Gasteiger partial charge in [0.2, 0.25) is 0 Å². The van der Waals surface area contributed by atoms with Crippen LogP contribution in [0.1, 0.15) is 12.8 Å². The van der Waals surface area contributed by atoms with Crippen LogP contribution in [0.4, 0.5) is 0 Å². The third kappa shape index (κ3) is 1.84. The Kier molecular flexibility index (Phi) is 2.21. The summed E-state index contributed by atoms with van der Waals surface area (Å²) in [5.74, 6) is 0. The number of hydrogen-bond donors (Lipinski definition) is 0. The molecule has 1 aliphatic heterocycles. The first-order chi connectivity index (χ1) is 3.39. The van der Waals surface area contributed by atoms with Crippen LogP contribution >= 0.6 is 20.8 Å². The minimum atomic E-state index is 1.20. The molecule has 40 valence electrons. The maximum atomic E-state index is 5.01. The molecule has 0 aliphatic carbocycles. The maximum absolute atomic E-state index is 5.01. The van der Waals surface area contributed by atoms with Gasteiger partial charge in [0, 0.05) is 0 Å². The SMILES string of the molecule is S=C1CCPCC1. The van der Waals surface area contributed by atoms with Crippen LogP contribution in [-0.2, 0) is 0 Å². The molecule has 2 heteroatoms. The standard InChI is InChI=1S/C5H9PS/c7-5-1-3-6-4-2-5/h6H,1-4H2. The van der Waals surface area contributed by atoms with E-state index in [-0.39, 0.29) is 0 Å². The first kappa shape index (κ1) is 5.65. The van der Waals surface area contributed by atoms with Gasteiger partial charge in [0.25, 0.3) is 0 Å². The summed E-state index contributed by atoms with van der Waals surface area (Å²) in [4.78, 5) is 1.30. The Bertz CT molecular complexity index is 72.1. The second kappa shape index (κ2) is 2.74. The zero-order chi connectivity index (χ0) is 5.11. The van der Waals surface area contributed by atoms with Gasteiger partial charge in [-0.05, 0) is 30.0 Å². The van der Waals surface area contributed by atoms with Crippen LogP contribution in [0.25, 0.3) is 0 Å². The average molecular weight is 132 g/mol. The summed E-state index contributed by atoms with van der Waals surface area (Å²) in [6.07, 6.45) is 5.21. The van der Waals surface area contributed by atoms with E-state index >= 15 is 0 Å². The second-order valence-corrected chi connectivity index (χ2v) is 3.87. The number of hydrogen-bond acceptors (Lipinski definition) is 1. The third-order valence-electron chi connectivity index (χ3n) is 1.16. The zero-order valence-electron chi connectivity index (χ0n) is 4.24. The van der Waals surface area contributed by atoms with Crippen LogP contribution in [0, 0.1) is 0 Å². The number of thiocarbonyl (C=S) groups is 1. The fraction of sp³-hybridized carbons (Fsp3) is 0.800. The molecule has 0 unspecified atom stereocenters. The van der Waals surface area contributed by atoms with Crippen molar-refractivity contribution in [3.63, 3.8) is 0 Å². The number of rotatable bonds is 0. The fourth-order valence-electron chi connectivity index (χ4n) is 0.706. The molecular weight excluding hydrogens is 123 g/mol. The monoisotopic (exact) mass is 132 g/mol. The molecule has 0 bridgehead atoms. The normalized spacial score (nSPS) is 22.6. The maximum Gasteiger partial charge on any atom is -0.00647 e. The van der Waals surface area contributed by atoms with Crippen LogP contribution in [-0.4, -0.2) is 17.2 Å². The van der Waals surface area contributed by atoms with E-state index in [0.717, 1.165) is 0 Å². The van der Waals surface area contributed by atoms with Gasteiger partial charge in [0.1, 0.15) is 0 Å². The highest BCUT2D eigenvalue weighted by Gasteiger charge is 2.01. The van der Waals surface area contributed by atoms with Crippen LogP contribution < -0.4 is 0 Å². The molecule has 7 heavy (non-hydrogen) atoms. The molecule has 1 fully saturated rings. The van der Waals surface area contributed by atoms with Crippen LogP contribution in [0.2, 0.25) is 0 Å². The lowest BCUT2D eigenvalue weighted by atomic mass is 10.3. The van der Waals surface area contributed by atoms with Gasteiger partial charge in [-0.2, -0.15) is 0 Å². The van der Waals surface area contributed by atoms with Gasteiger partial charge in [-0.25, -0.2) is 0 Å². The van der Waals surface area contributed by atoms with Crippen LogP contribution in [0.5, 0.6) is 0 Å². The Labute approximate surface area is 51.5 Å². The molecule has 0 aromatic carbocycles. The van der Waals surface area contributed by atoms with E-state index in [1.807, 2.05) is 0 Å². The summed E-state index contributed by atoms with van der Waals surface area (Å²) < 4.78 is 0. The van der Waals surface area contributed by atoms with Crippen molar-refractivity contribution in [3.8, 4) is 0 Å². The molecule has 0 aromatic rings. The van der Waals surface area contributed by atoms with E-state index in [9.17, 15) is 0 Å². The second-order valence-electron chi connectivity index (χ2n) is 1.79. The molecular formula is C5H9PS. The quantitative estimate of drug-likeness (QED) is 0.358. The molecule has 1 aliphatic rings. The van der Waals surface area contributed by atoms with Crippen molar-refractivity contribution in [2.45, 2.75) is 12.8 Å². The largest absolute Gasteiger partial charge is 0.121 e. The molecule has 0 saturated carbocycles. The summed E-state index contributed by atoms with van der Waals surface area (Å²) in [6, 6.07) is 0. The van der Waals surface area contributed by atoms with Gasteiger partial charge in [0.05, 0.1) is 0 Å². The molecule has 0 nitrogen and oxygen atoms in total. The predicted molar refractivity (Wildman–Crippen MR) is 39.9 cm³/mol. The average Bonchev–Trinajstić information content (AvgIpc) is 1.69. The van der Waals surface area contributed by atoms with Crippen molar-refractivity contribution < 1.29 is 0 Å². The Morgan fingerprint density at radius 2 is 1.86 bits per heavy atom. The molecule has 0 aromatic heterocycles. The lowest BCUT2D eigenvalue weighted by molar-refractivity contribution is 1.17. The zero-order valence-corrected chi connectivity index (χ0v) is 6.05. The van der Waals surface area contributed by atoms with Crippen LogP contribution in [0.3, 0.4) is 0 Å². The van der Waals surface area contributed by atoms with E-state index in [4.69, 9.17) is 12.2 Å². The molecule has 0 amide bonds. The van der Waals surface area contributed by atoms with Crippen molar-refractivity contribution in [2.24, 2.45) is 0 Å². The van der Waals surface area contributed by atoms with Gasteiger partial charge >= 0.3 is 0 Å². The van der Waals surface area contributed by atoms with E-state index in [1.54, 1.807) is 0 Å². The first-order valence-corrected chi connectivity index (χ1v) is 4.44. The molecule has 1 heterocycles. The molecule has 1 rings (SSSR count). The van der Waals surface area contributed by atoms with E-state index < -0.39 is 0 Å². The smallest absolute Gasteiger partial charge is 0.00647 e. The molecule has 0 spiro atoms. The topological polar surface area (TPSA) is 0 Å². The van der Waals surface area contributed by atoms with Gasteiger partial charge in [0.15, 0.2) is 0 Å². The molecule has 0 radical (unpaired) electrons. The van der Waals surface area contributed by atoms with E-state index in [2.05, 4.69) is 0 Å². The minimum Gasteiger partial charge on any atom is -0.121 e. The first-order valence-electron chi connectivity index (χ1n) is 2.62. The van der Waals surface area contributed by atoms with Crippen molar-refractivity contribution >= 4 is 25.7 Å². The highest BCUT2D eigenvalue weighted by molar-refractivity contribution is 7.80. The lowest BCUT2D eigenvalue weighted by Crippen LogP contribution is -2.02. The van der Waals surface area contributed by atoms with Gasteiger partial charge < -0.3 is 0 Å². The van der Waals surface area contributed by atoms with Crippen molar-refractivity contribution in [3.05, 3.63) is 0 Å². The molecule has 1 saturated heterocycles. The van der Waals surface area contributed by atoms with Gasteiger partial charge in [-0.15, -0.1) is 8.58 Å². The van der Waals surface area contributed by atoms with Crippen molar-refractivity contribution in [2.75, 3.05) is 12.3 Å². The minimum absolute atomic E-state index is 1.20. The Morgan fingerprint density at radius 3 is 2.14 bits per heavy atom. The highest BCUT2D eigenvalue weighted by atomic mass is 32.1. The fourth-order valence-corrected chi connectivity index (χ4v) is 2.48. The summed E-state index contributed by atoms with van der Waals surface area (Å²) in [5, 5.41) is 0. The van der Waals surface area contributed by atoms with E-state index in [1.165, 1.54) is 38.6 Å². The molecule has 0 atom stereocenters. The van der Waals surface area contributed by atoms with Gasteiger partial charge in [-0.1, -0.05) is 12.2 Å². The Hall–Kier alpha value is 0.520. The van der Waals surface area contributed by atoms with E-state index in [0.29, 0.717) is 0 Å². The summed E-state index contributed by atoms with van der Waals surface area (Å²) >= 11 is 5.01.